The molecule has 0 unspecified atom stereocenters. The van der Waals surface area contributed by atoms with E-state index in [2.05, 4.69) is 35.0 Å². The highest BCUT2D eigenvalue weighted by atomic mass is 19.1. The molecule has 1 N–H and O–H groups in total. The first-order chi connectivity index (χ1) is 12.5. The zero-order chi connectivity index (χ0) is 18.7. The predicted molar refractivity (Wildman–Crippen MR) is 105 cm³/mol. The van der Waals surface area contributed by atoms with Gasteiger partial charge in [-0.2, -0.15) is 0 Å². The van der Waals surface area contributed by atoms with Crippen LogP contribution in [0.2, 0.25) is 0 Å². The van der Waals surface area contributed by atoms with E-state index in [1.165, 1.54) is 22.3 Å². The lowest BCUT2D eigenvalue weighted by Gasteiger charge is -2.09. The van der Waals surface area contributed by atoms with Crippen molar-refractivity contribution >= 4 is 24.1 Å². The second-order valence-corrected chi connectivity index (χ2v) is 6.86. The summed E-state index contributed by atoms with van der Waals surface area (Å²) in [7, 11) is 0. The minimum absolute atomic E-state index is 0.140. The van der Waals surface area contributed by atoms with Crippen molar-refractivity contribution in [3.05, 3.63) is 63.0 Å². The molecule has 1 aliphatic carbocycles. The van der Waals surface area contributed by atoms with E-state index in [9.17, 15) is 9.18 Å². The molecule has 1 amide bonds. The van der Waals surface area contributed by atoms with Crippen molar-refractivity contribution in [1.82, 2.24) is 9.88 Å². The second kappa shape index (κ2) is 7.73. The van der Waals surface area contributed by atoms with E-state index < -0.39 is 0 Å². The molecule has 26 heavy (non-hydrogen) atoms. The molecule has 3 rings (SSSR count). The number of benzene rings is 1. The fraction of sp³-hybridized carbons (Fsp3) is 0.318. The number of fused-ring (bicyclic) bond motifs is 1. The van der Waals surface area contributed by atoms with E-state index in [0.717, 1.165) is 24.9 Å². The van der Waals surface area contributed by atoms with Crippen LogP contribution in [0.3, 0.4) is 0 Å². The number of nitrogens with zero attached hydrogens (tertiary/aromatic N) is 1. The summed E-state index contributed by atoms with van der Waals surface area (Å²) in [6, 6.07) is 5.69. The quantitative estimate of drug-likeness (QED) is 0.825. The highest BCUT2D eigenvalue weighted by Crippen LogP contribution is 2.15. The molecule has 0 bridgehead atoms. The van der Waals surface area contributed by atoms with E-state index in [4.69, 9.17) is 0 Å². The van der Waals surface area contributed by atoms with Gasteiger partial charge in [-0.05, 0) is 79.8 Å². The van der Waals surface area contributed by atoms with Gasteiger partial charge in [-0.1, -0.05) is 12.2 Å². The van der Waals surface area contributed by atoms with Crippen LogP contribution in [-0.4, -0.2) is 17.0 Å². The normalized spacial score (nSPS) is 13.2. The SMILES string of the molecule is Cc1cc(/C=C/C(=O)NCCn2c(C)cc3c2=CCCC=3)cc(C)c1F. The molecule has 0 spiro atoms. The number of nitrogens with one attached hydrogen (secondary N) is 1. The molecule has 0 saturated heterocycles. The third-order valence-corrected chi connectivity index (χ3v) is 4.77. The third-order valence-electron chi connectivity index (χ3n) is 4.77. The fourth-order valence-corrected chi connectivity index (χ4v) is 3.47. The van der Waals surface area contributed by atoms with Crippen molar-refractivity contribution in [3.8, 4) is 0 Å². The average Bonchev–Trinajstić information content (AvgIpc) is 2.93. The first kappa shape index (κ1) is 18.2. The van der Waals surface area contributed by atoms with Gasteiger partial charge in [-0.25, -0.2) is 4.39 Å². The van der Waals surface area contributed by atoms with Gasteiger partial charge in [0.15, 0.2) is 0 Å². The number of carbonyl (C=O) groups excluding carboxylic acids is 1. The monoisotopic (exact) mass is 352 g/mol. The number of aryl methyl sites for hydroxylation is 3. The van der Waals surface area contributed by atoms with Crippen LogP contribution in [0.25, 0.3) is 18.2 Å². The molecule has 1 aromatic carbocycles. The zero-order valence-electron chi connectivity index (χ0n) is 15.6. The smallest absolute Gasteiger partial charge is 0.244 e. The summed E-state index contributed by atoms with van der Waals surface area (Å²) < 4.78 is 15.9. The highest BCUT2D eigenvalue weighted by Gasteiger charge is 2.05. The van der Waals surface area contributed by atoms with E-state index in [-0.39, 0.29) is 11.7 Å². The Morgan fingerprint density at radius 3 is 2.58 bits per heavy atom. The van der Waals surface area contributed by atoms with Crippen LogP contribution in [0.15, 0.2) is 24.3 Å². The van der Waals surface area contributed by atoms with Gasteiger partial charge < -0.3 is 9.88 Å². The standard InChI is InChI=1S/C22H25FN2O/c1-15-12-18(13-16(2)22(15)23)8-9-21(26)24-10-11-25-17(3)14-19-6-4-5-7-20(19)25/h6-9,12-14H,4-5,10-11H2,1-3H3,(H,24,26)/b9-8+. The van der Waals surface area contributed by atoms with Gasteiger partial charge in [-0.15, -0.1) is 0 Å². The lowest BCUT2D eigenvalue weighted by molar-refractivity contribution is -0.116. The van der Waals surface area contributed by atoms with E-state index >= 15 is 0 Å². The Bertz CT molecular complexity index is 959. The Morgan fingerprint density at radius 2 is 1.85 bits per heavy atom. The molecule has 1 heterocycles. The van der Waals surface area contributed by atoms with Gasteiger partial charge in [0.2, 0.25) is 5.91 Å². The van der Waals surface area contributed by atoms with Crippen molar-refractivity contribution < 1.29 is 9.18 Å². The van der Waals surface area contributed by atoms with Crippen LogP contribution in [0.1, 0.15) is 35.2 Å². The Hall–Kier alpha value is -2.62. The molecule has 0 radical (unpaired) electrons. The highest BCUT2D eigenvalue weighted by molar-refractivity contribution is 5.91. The molecule has 3 nitrogen and oxygen atoms in total. The van der Waals surface area contributed by atoms with Gasteiger partial charge in [0.05, 0.1) is 0 Å². The maximum Gasteiger partial charge on any atom is 0.244 e. The number of aromatic nitrogens is 1. The van der Waals surface area contributed by atoms with E-state index in [1.54, 1.807) is 32.1 Å². The number of amides is 1. The van der Waals surface area contributed by atoms with Crippen molar-refractivity contribution in [3.63, 3.8) is 0 Å². The maximum absolute atomic E-state index is 13.7. The van der Waals surface area contributed by atoms with Crippen LogP contribution in [0.5, 0.6) is 0 Å². The Balaban J connectivity index is 1.60. The number of hydrogen-bond acceptors (Lipinski definition) is 1. The summed E-state index contributed by atoms with van der Waals surface area (Å²) in [5, 5.41) is 5.47. The van der Waals surface area contributed by atoms with Gasteiger partial charge >= 0.3 is 0 Å². The van der Waals surface area contributed by atoms with Crippen molar-refractivity contribution in [1.29, 1.82) is 0 Å². The lowest BCUT2D eigenvalue weighted by Crippen LogP contribution is -2.34. The molecule has 0 saturated carbocycles. The number of hydrogen-bond donors (Lipinski definition) is 1. The molecule has 0 fully saturated rings. The number of halogens is 1. The van der Waals surface area contributed by atoms with E-state index in [1.807, 2.05) is 0 Å². The predicted octanol–water partition coefficient (Wildman–Crippen LogP) is 2.74. The molecule has 1 aromatic heterocycles. The van der Waals surface area contributed by atoms with Crippen LogP contribution in [0, 0.1) is 26.6 Å². The lowest BCUT2D eigenvalue weighted by atomic mass is 10.1. The van der Waals surface area contributed by atoms with Gasteiger partial charge in [0, 0.05) is 30.2 Å². The molecule has 1 aliphatic rings. The van der Waals surface area contributed by atoms with Crippen LogP contribution >= 0.6 is 0 Å². The Morgan fingerprint density at radius 1 is 1.15 bits per heavy atom. The zero-order valence-corrected chi connectivity index (χ0v) is 15.6. The second-order valence-electron chi connectivity index (χ2n) is 6.86. The number of carbonyl (C=O) groups is 1. The van der Waals surface area contributed by atoms with Gasteiger partial charge in [-0.3, -0.25) is 4.79 Å². The topological polar surface area (TPSA) is 34.0 Å². The van der Waals surface area contributed by atoms with Crippen molar-refractivity contribution in [2.45, 2.75) is 40.2 Å². The number of rotatable bonds is 5. The molecule has 0 aliphatic heterocycles. The molecule has 136 valence electrons. The molecular weight excluding hydrogens is 327 g/mol. The van der Waals surface area contributed by atoms with Crippen LogP contribution in [-0.2, 0) is 11.3 Å². The molecule has 0 atom stereocenters. The Labute approximate surface area is 153 Å². The summed E-state index contributed by atoms with van der Waals surface area (Å²) in [6.45, 7) is 6.88. The van der Waals surface area contributed by atoms with Crippen molar-refractivity contribution in [2.75, 3.05) is 6.54 Å². The summed E-state index contributed by atoms with van der Waals surface area (Å²) in [5.74, 6) is -0.329. The summed E-state index contributed by atoms with van der Waals surface area (Å²) in [6.07, 6.45) is 9.93. The van der Waals surface area contributed by atoms with Crippen LogP contribution in [0.4, 0.5) is 4.39 Å². The summed E-state index contributed by atoms with van der Waals surface area (Å²) >= 11 is 0. The average molecular weight is 352 g/mol. The fourth-order valence-electron chi connectivity index (χ4n) is 3.47. The third kappa shape index (κ3) is 3.96. The molecule has 4 heteroatoms. The summed E-state index contributed by atoms with van der Waals surface area (Å²) in [5.41, 5.74) is 3.22. The van der Waals surface area contributed by atoms with Gasteiger partial charge in [0.1, 0.15) is 5.82 Å². The molecular formula is C22H25FN2O. The van der Waals surface area contributed by atoms with Crippen molar-refractivity contribution in [2.24, 2.45) is 0 Å². The first-order valence-corrected chi connectivity index (χ1v) is 9.05. The Kier molecular flexibility index (Phi) is 5.40. The first-order valence-electron chi connectivity index (χ1n) is 9.05. The van der Waals surface area contributed by atoms with Gasteiger partial charge in [0.25, 0.3) is 0 Å². The minimum atomic E-state index is -0.189. The maximum atomic E-state index is 13.7. The van der Waals surface area contributed by atoms with Crippen LogP contribution < -0.4 is 15.9 Å². The largest absolute Gasteiger partial charge is 0.351 e. The van der Waals surface area contributed by atoms with E-state index in [0.29, 0.717) is 17.7 Å². The summed E-state index contributed by atoms with van der Waals surface area (Å²) in [4.78, 5) is 12.1. The molecule has 2 aromatic rings. The minimum Gasteiger partial charge on any atom is -0.351 e.